The summed E-state index contributed by atoms with van der Waals surface area (Å²) in [5, 5.41) is 5.65. The summed E-state index contributed by atoms with van der Waals surface area (Å²) in [6.07, 6.45) is 6.74. The van der Waals surface area contributed by atoms with E-state index in [2.05, 4.69) is 23.8 Å². The molecule has 0 spiro atoms. The molecule has 0 radical (unpaired) electrons. The molecule has 0 atom stereocenters. The van der Waals surface area contributed by atoms with Crippen LogP contribution in [0.15, 0.2) is 98.4 Å². The van der Waals surface area contributed by atoms with Crippen LogP contribution >= 0.6 is 0 Å². The monoisotopic (exact) mass is 620 g/mol. The maximum absolute atomic E-state index is 12.6. The van der Waals surface area contributed by atoms with Crippen molar-refractivity contribution in [1.82, 2.24) is 10.6 Å². The molecule has 1 heterocycles. The number of nitrogens with zero attached hydrogens (tertiary/aromatic N) is 1. The number of aromatic nitrogens is 1. The lowest BCUT2D eigenvalue weighted by molar-refractivity contribution is -0.684. The fraction of sp³-hybridized carbons (Fsp3) is 0.324. The third-order valence-electron chi connectivity index (χ3n) is 5.91. The molecule has 0 unspecified atom stereocenters. The van der Waals surface area contributed by atoms with E-state index in [1.807, 2.05) is 24.3 Å². The highest BCUT2D eigenvalue weighted by atomic mass is 16.5. The summed E-state index contributed by atoms with van der Waals surface area (Å²) in [4.78, 5) is 25.0. The minimum Gasteiger partial charge on any atom is -0.492 e. The number of carbonyl (C=O) groups is 2. The number of hydrogen-bond donors (Lipinski definition) is 2. The Bertz CT molecular complexity index is 1320. The van der Waals surface area contributed by atoms with Crippen molar-refractivity contribution in [2.24, 2.45) is 0 Å². The van der Waals surface area contributed by atoms with Gasteiger partial charge in [0, 0.05) is 6.07 Å². The minimum absolute atomic E-state index is 0.0638. The largest absolute Gasteiger partial charge is 0.492 e. The summed E-state index contributed by atoms with van der Waals surface area (Å²) in [5.74, 6) is 2.30. The molecule has 2 amide bonds. The Morgan fingerprint density at radius 2 is 1.11 bits per heavy atom. The number of carbonyl (C=O) groups excluding carboxylic acids is 2. The average molecular weight is 621 g/mol. The first-order chi connectivity index (χ1) is 22.1. The summed E-state index contributed by atoms with van der Waals surface area (Å²) in [7, 11) is 0. The van der Waals surface area contributed by atoms with E-state index < -0.39 is 0 Å². The van der Waals surface area contributed by atoms with E-state index in [9.17, 15) is 9.59 Å². The predicted octanol–water partition coefficient (Wildman–Crippen LogP) is 3.14. The van der Waals surface area contributed by atoms with Gasteiger partial charge in [0.2, 0.25) is 6.54 Å². The number of rotatable bonds is 23. The normalized spacial score (nSPS) is 10.4. The zero-order valence-electron chi connectivity index (χ0n) is 25.5. The predicted molar refractivity (Wildman–Crippen MR) is 169 cm³/mol. The van der Waals surface area contributed by atoms with Gasteiger partial charge in [-0.15, -0.1) is 13.2 Å². The van der Waals surface area contributed by atoms with E-state index in [4.69, 9.17) is 28.4 Å². The van der Waals surface area contributed by atoms with Gasteiger partial charge in [-0.3, -0.25) is 9.59 Å². The van der Waals surface area contributed by atoms with Gasteiger partial charge in [-0.2, -0.15) is 4.57 Å². The van der Waals surface area contributed by atoms with Crippen molar-refractivity contribution in [2.45, 2.75) is 6.54 Å². The van der Waals surface area contributed by atoms with E-state index >= 15 is 0 Å². The average Bonchev–Trinajstić information content (AvgIpc) is 3.06. The first kappa shape index (κ1) is 34.6. The Morgan fingerprint density at radius 3 is 1.60 bits per heavy atom. The summed E-state index contributed by atoms with van der Waals surface area (Å²) in [5.41, 5.74) is 0.434. The van der Waals surface area contributed by atoms with Gasteiger partial charge < -0.3 is 39.1 Å². The molecule has 0 saturated carbocycles. The van der Waals surface area contributed by atoms with Gasteiger partial charge in [0.15, 0.2) is 12.4 Å². The highest BCUT2D eigenvalue weighted by Crippen LogP contribution is 2.18. The quantitative estimate of drug-likeness (QED) is 0.0944. The van der Waals surface area contributed by atoms with Crippen molar-refractivity contribution < 1.29 is 42.6 Å². The Hall–Kier alpha value is -4.87. The molecule has 0 aliphatic heterocycles. The Kier molecular flexibility index (Phi) is 16.1. The van der Waals surface area contributed by atoms with Crippen LogP contribution in [0.25, 0.3) is 0 Å². The van der Waals surface area contributed by atoms with Gasteiger partial charge in [0.05, 0.1) is 39.5 Å². The smallest absolute Gasteiger partial charge is 0.286 e. The van der Waals surface area contributed by atoms with Crippen LogP contribution in [0.5, 0.6) is 23.0 Å². The molecule has 2 N–H and O–H groups in total. The van der Waals surface area contributed by atoms with Gasteiger partial charge >= 0.3 is 0 Å². The highest BCUT2D eigenvalue weighted by Gasteiger charge is 2.13. The van der Waals surface area contributed by atoms with E-state index in [0.29, 0.717) is 94.5 Å². The van der Waals surface area contributed by atoms with Crippen molar-refractivity contribution in [2.75, 3.05) is 65.9 Å². The molecule has 1 aromatic heterocycles. The third-order valence-corrected chi connectivity index (χ3v) is 5.91. The second-order valence-corrected chi connectivity index (χ2v) is 9.43. The summed E-state index contributed by atoms with van der Waals surface area (Å²) >= 11 is 0. The molecule has 0 bridgehead atoms. The van der Waals surface area contributed by atoms with Crippen molar-refractivity contribution in [3.05, 3.63) is 104 Å². The van der Waals surface area contributed by atoms with Crippen LogP contribution in [0.2, 0.25) is 0 Å². The molecule has 3 rings (SSSR count). The van der Waals surface area contributed by atoms with E-state index in [-0.39, 0.29) is 18.4 Å². The molecular weight excluding hydrogens is 578 g/mol. The zero-order valence-corrected chi connectivity index (χ0v) is 25.5. The summed E-state index contributed by atoms with van der Waals surface area (Å²) in [6, 6.07) is 17.9. The molecule has 0 fully saturated rings. The molecule has 45 heavy (non-hydrogen) atoms. The number of hydrogen-bond acceptors (Lipinski definition) is 8. The van der Waals surface area contributed by atoms with Crippen LogP contribution in [0, 0.1) is 0 Å². The fourth-order valence-electron chi connectivity index (χ4n) is 3.81. The lowest BCUT2D eigenvalue weighted by atomic mass is 10.2. The van der Waals surface area contributed by atoms with Crippen LogP contribution in [0.3, 0.4) is 0 Å². The van der Waals surface area contributed by atoms with Crippen LogP contribution < -0.4 is 34.1 Å². The molecular formula is C34H42N3O8+. The molecule has 11 heteroatoms. The van der Waals surface area contributed by atoms with E-state index in [0.717, 1.165) is 0 Å². The molecule has 0 saturated heterocycles. The SMILES string of the molecule is C=CCOCCOc1ccc(OCCNC(=O)C[n+]2cccc(C(=O)NCCOc3ccc(OCCOCC=C)cc3)c2)cc1. The molecule has 3 aromatic rings. The van der Waals surface area contributed by atoms with Gasteiger partial charge in [-0.25, -0.2) is 0 Å². The van der Waals surface area contributed by atoms with Crippen LogP contribution in [0.1, 0.15) is 10.4 Å². The summed E-state index contributed by atoms with van der Waals surface area (Å²) < 4.78 is 34.8. The number of amides is 2. The number of benzene rings is 2. The Labute approximate surface area is 264 Å². The summed E-state index contributed by atoms with van der Waals surface area (Å²) in [6.45, 7) is 11.3. The molecule has 240 valence electrons. The van der Waals surface area contributed by atoms with Crippen molar-refractivity contribution in [1.29, 1.82) is 0 Å². The van der Waals surface area contributed by atoms with Crippen molar-refractivity contribution in [3.63, 3.8) is 0 Å². The molecule has 2 aromatic carbocycles. The topological polar surface area (TPSA) is 117 Å². The fourth-order valence-corrected chi connectivity index (χ4v) is 3.81. The van der Waals surface area contributed by atoms with Crippen molar-refractivity contribution >= 4 is 11.8 Å². The van der Waals surface area contributed by atoms with Crippen LogP contribution in [-0.4, -0.2) is 77.8 Å². The maximum atomic E-state index is 12.6. The Balaban J connectivity index is 1.28. The van der Waals surface area contributed by atoms with Crippen LogP contribution in [0.4, 0.5) is 0 Å². The number of pyridine rings is 1. The first-order valence-electron chi connectivity index (χ1n) is 14.7. The first-order valence-corrected chi connectivity index (χ1v) is 14.7. The van der Waals surface area contributed by atoms with E-state index in [1.165, 1.54) is 0 Å². The molecule has 0 aliphatic rings. The van der Waals surface area contributed by atoms with Gasteiger partial charge in [0.25, 0.3) is 11.8 Å². The second-order valence-electron chi connectivity index (χ2n) is 9.43. The van der Waals surface area contributed by atoms with Crippen molar-refractivity contribution in [3.8, 4) is 23.0 Å². The molecule has 0 aliphatic carbocycles. The third kappa shape index (κ3) is 14.4. The Morgan fingerprint density at radius 1 is 0.644 bits per heavy atom. The second kappa shape index (κ2) is 20.9. The zero-order chi connectivity index (χ0) is 32.0. The van der Waals surface area contributed by atoms with Gasteiger partial charge in [-0.05, 0) is 54.6 Å². The lowest BCUT2D eigenvalue weighted by Crippen LogP contribution is -2.44. The maximum Gasteiger partial charge on any atom is 0.286 e. The van der Waals surface area contributed by atoms with Gasteiger partial charge in [0.1, 0.15) is 55.0 Å². The lowest BCUT2D eigenvalue weighted by Gasteiger charge is -2.10. The van der Waals surface area contributed by atoms with Crippen LogP contribution in [-0.2, 0) is 20.8 Å². The minimum atomic E-state index is -0.262. The van der Waals surface area contributed by atoms with E-state index in [1.54, 1.807) is 65.5 Å². The number of nitrogens with one attached hydrogen (secondary N) is 2. The number of ether oxygens (including phenoxy) is 6. The molecule has 11 nitrogen and oxygen atoms in total. The standard InChI is InChI=1S/C34H41N3O8/c1-3-18-40-22-24-44-31-11-7-29(8-12-31)42-20-15-35-33(38)27-37-17-5-6-28(26-37)34(39)36-16-21-43-30-9-13-32(14-10-30)45-25-23-41-19-4-2/h3-14,17,26H,1-2,15-16,18-25,27H2,(H-,35,36,38,39)/p+1. The highest BCUT2D eigenvalue weighted by molar-refractivity contribution is 5.93. The van der Waals surface area contributed by atoms with Gasteiger partial charge in [-0.1, -0.05) is 12.2 Å².